The van der Waals surface area contributed by atoms with Crippen molar-refractivity contribution in [2.75, 3.05) is 5.32 Å². The van der Waals surface area contributed by atoms with E-state index in [1.165, 1.54) is 23.2 Å². The van der Waals surface area contributed by atoms with Gasteiger partial charge in [-0.1, -0.05) is 39.8 Å². The van der Waals surface area contributed by atoms with E-state index in [1.807, 2.05) is 0 Å². The molecule has 17 heavy (non-hydrogen) atoms. The molecule has 0 saturated carbocycles. The van der Waals surface area contributed by atoms with Crippen LogP contribution >= 0.6 is 0 Å². The summed E-state index contributed by atoms with van der Waals surface area (Å²) in [6, 6.07) is 6.91. The van der Waals surface area contributed by atoms with E-state index < -0.39 is 0 Å². The second-order valence-corrected chi connectivity index (χ2v) is 5.75. The van der Waals surface area contributed by atoms with Gasteiger partial charge in [0.1, 0.15) is 0 Å². The maximum atomic E-state index is 3.75. The van der Waals surface area contributed by atoms with Crippen molar-refractivity contribution in [2.45, 2.75) is 58.9 Å². The smallest absolute Gasteiger partial charge is 0.0380 e. The average Bonchev–Trinajstić information content (AvgIpc) is 2.36. The summed E-state index contributed by atoms with van der Waals surface area (Å²) in [5.41, 5.74) is 4.53. The fourth-order valence-corrected chi connectivity index (χ4v) is 2.98. The van der Waals surface area contributed by atoms with Crippen LogP contribution in [0, 0.1) is 5.92 Å². The molecule has 1 aromatic rings. The van der Waals surface area contributed by atoms with Gasteiger partial charge in [-0.15, -0.1) is 0 Å². The van der Waals surface area contributed by atoms with Crippen LogP contribution in [-0.2, 0) is 6.42 Å². The van der Waals surface area contributed by atoms with E-state index in [2.05, 4.69) is 58.1 Å². The van der Waals surface area contributed by atoms with Crippen molar-refractivity contribution in [2.24, 2.45) is 5.92 Å². The van der Waals surface area contributed by atoms with Gasteiger partial charge >= 0.3 is 0 Å². The van der Waals surface area contributed by atoms with Crippen LogP contribution in [0.2, 0.25) is 0 Å². The highest BCUT2D eigenvalue weighted by Crippen LogP contribution is 2.44. The van der Waals surface area contributed by atoms with Crippen LogP contribution < -0.4 is 5.32 Å². The van der Waals surface area contributed by atoms with Crippen molar-refractivity contribution in [3.8, 4) is 0 Å². The fraction of sp³-hybridized carbons (Fsp3) is 0.625. The van der Waals surface area contributed by atoms with Crippen LogP contribution in [0.4, 0.5) is 5.69 Å². The third kappa shape index (κ3) is 1.96. The second kappa shape index (κ2) is 4.36. The lowest BCUT2D eigenvalue weighted by Crippen LogP contribution is -2.46. The van der Waals surface area contributed by atoms with Crippen LogP contribution in [0.1, 0.15) is 58.1 Å². The van der Waals surface area contributed by atoms with Crippen molar-refractivity contribution < 1.29 is 0 Å². The first-order valence-corrected chi connectivity index (χ1v) is 6.92. The van der Waals surface area contributed by atoms with Gasteiger partial charge in [0, 0.05) is 11.2 Å². The molecule has 2 rings (SSSR count). The van der Waals surface area contributed by atoms with Crippen LogP contribution in [-0.4, -0.2) is 5.54 Å². The highest BCUT2D eigenvalue weighted by atomic mass is 15.0. The van der Waals surface area contributed by atoms with E-state index in [4.69, 9.17) is 0 Å². The zero-order valence-electron chi connectivity index (χ0n) is 11.8. The number of hydrogen-bond acceptors (Lipinski definition) is 1. The summed E-state index contributed by atoms with van der Waals surface area (Å²) in [4.78, 5) is 0. The van der Waals surface area contributed by atoms with Crippen LogP contribution in [0.3, 0.4) is 0 Å². The molecule has 1 aliphatic heterocycles. The normalized spacial score (nSPS) is 31.8. The zero-order valence-corrected chi connectivity index (χ0v) is 11.8. The largest absolute Gasteiger partial charge is 0.379 e. The summed E-state index contributed by atoms with van der Waals surface area (Å²) < 4.78 is 0. The van der Waals surface area contributed by atoms with Gasteiger partial charge in [-0.25, -0.2) is 0 Å². The van der Waals surface area contributed by atoms with Crippen molar-refractivity contribution in [1.82, 2.24) is 0 Å². The van der Waals surface area contributed by atoms with Gasteiger partial charge in [-0.05, 0) is 48.8 Å². The summed E-state index contributed by atoms with van der Waals surface area (Å²) in [6.45, 7) is 11.6. The summed E-state index contributed by atoms with van der Waals surface area (Å²) in [5.74, 6) is 1.31. The van der Waals surface area contributed by atoms with Crippen molar-refractivity contribution in [1.29, 1.82) is 0 Å². The lowest BCUT2D eigenvalue weighted by Gasteiger charge is -2.45. The number of aryl methyl sites for hydroxylation is 1. The maximum absolute atomic E-state index is 3.75. The van der Waals surface area contributed by atoms with Gasteiger partial charge in [0.2, 0.25) is 0 Å². The lowest BCUT2D eigenvalue weighted by molar-refractivity contribution is 0.284. The van der Waals surface area contributed by atoms with Crippen molar-refractivity contribution >= 4 is 5.69 Å². The van der Waals surface area contributed by atoms with E-state index in [0.717, 1.165) is 6.42 Å². The van der Waals surface area contributed by atoms with E-state index in [1.54, 1.807) is 0 Å². The Balaban J connectivity index is 2.45. The molecule has 1 heteroatoms. The minimum atomic E-state index is 0.236. The molecule has 1 N–H and O–H groups in total. The summed E-state index contributed by atoms with van der Waals surface area (Å²) in [5, 5.41) is 3.75. The van der Waals surface area contributed by atoms with E-state index in [-0.39, 0.29) is 5.54 Å². The average molecular weight is 231 g/mol. The van der Waals surface area contributed by atoms with E-state index >= 15 is 0 Å². The Labute approximate surface area is 106 Å². The molecule has 0 aromatic heterocycles. The zero-order chi connectivity index (χ0) is 12.6. The molecule has 1 heterocycles. The number of hydrogen-bond donors (Lipinski definition) is 1. The number of fused-ring (bicyclic) bond motifs is 1. The Hall–Kier alpha value is -0.980. The van der Waals surface area contributed by atoms with Gasteiger partial charge in [0.05, 0.1) is 0 Å². The first-order valence-electron chi connectivity index (χ1n) is 6.92. The van der Waals surface area contributed by atoms with E-state index in [9.17, 15) is 0 Å². The molecule has 0 amide bonds. The van der Waals surface area contributed by atoms with Crippen LogP contribution in [0.25, 0.3) is 0 Å². The minimum absolute atomic E-state index is 0.236. The Morgan fingerprint density at radius 3 is 2.53 bits per heavy atom. The third-order valence-electron chi connectivity index (χ3n) is 4.92. The molecule has 0 spiro atoms. The number of anilines is 1. The van der Waals surface area contributed by atoms with Gasteiger partial charge in [-0.3, -0.25) is 0 Å². The second-order valence-electron chi connectivity index (χ2n) is 5.75. The van der Waals surface area contributed by atoms with Gasteiger partial charge < -0.3 is 5.32 Å². The molecule has 3 unspecified atom stereocenters. The number of benzene rings is 1. The molecular formula is C16H25N. The molecule has 0 radical (unpaired) electrons. The monoisotopic (exact) mass is 231 g/mol. The summed E-state index contributed by atoms with van der Waals surface area (Å²) in [7, 11) is 0. The molecule has 0 bridgehead atoms. The quantitative estimate of drug-likeness (QED) is 0.785. The van der Waals surface area contributed by atoms with Gasteiger partial charge in [0.15, 0.2) is 0 Å². The fourth-order valence-electron chi connectivity index (χ4n) is 2.98. The molecule has 0 aliphatic carbocycles. The molecule has 3 atom stereocenters. The molecule has 1 aromatic carbocycles. The third-order valence-corrected chi connectivity index (χ3v) is 4.92. The van der Waals surface area contributed by atoms with Crippen molar-refractivity contribution in [3.63, 3.8) is 0 Å². The summed E-state index contributed by atoms with van der Waals surface area (Å²) >= 11 is 0. The molecule has 94 valence electrons. The first-order chi connectivity index (χ1) is 8.01. The molecule has 1 aliphatic rings. The topological polar surface area (TPSA) is 12.0 Å². The van der Waals surface area contributed by atoms with Gasteiger partial charge in [-0.2, -0.15) is 0 Å². The highest BCUT2D eigenvalue weighted by Gasteiger charge is 2.38. The van der Waals surface area contributed by atoms with Crippen LogP contribution in [0.15, 0.2) is 18.2 Å². The Bertz CT molecular complexity index is 410. The molecule has 0 saturated heterocycles. The number of nitrogens with one attached hydrogen (secondary N) is 1. The maximum Gasteiger partial charge on any atom is 0.0380 e. The van der Waals surface area contributed by atoms with Crippen molar-refractivity contribution in [3.05, 3.63) is 29.3 Å². The molecular weight excluding hydrogens is 206 g/mol. The lowest BCUT2D eigenvalue weighted by atomic mass is 9.70. The van der Waals surface area contributed by atoms with Crippen LogP contribution in [0.5, 0.6) is 0 Å². The predicted octanol–water partition coefficient (Wildman–Crippen LogP) is 4.58. The van der Waals surface area contributed by atoms with E-state index in [0.29, 0.717) is 11.8 Å². The minimum Gasteiger partial charge on any atom is -0.379 e. The van der Waals surface area contributed by atoms with Gasteiger partial charge in [0.25, 0.3) is 0 Å². The standard InChI is InChI=1S/C16H25N/c1-6-13-8-9-15-14(10-13)11(3)12(4)16(5,7-2)17-15/h8-12,17H,6-7H2,1-5H3. The number of rotatable bonds is 2. The molecule has 1 nitrogen and oxygen atoms in total. The SMILES string of the molecule is CCc1ccc2c(c1)C(C)C(C)C(C)(CC)N2. The Morgan fingerprint density at radius 1 is 1.24 bits per heavy atom. The Morgan fingerprint density at radius 2 is 1.94 bits per heavy atom. The highest BCUT2D eigenvalue weighted by molar-refractivity contribution is 5.58. The first kappa shape index (κ1) is 12.5. The molecule has 0 fully saturated rings. The summed E-state index contributed by atoms with van der Waals surface area (Å²) in [6.07, 6.45) is 2.30. The predicted molar refractivity (Wildman–Crippen MR) is 75.7 cm³/mol. The Kier molecular flexibility index (Phi) is 3.20.